The minimum Gasteiger partial charge on any atom is -0.485 e. The Bertz CT molecular complexity index is 1130. The third-order valence-electron chi connectivity index (χ3n) is 4.47. The van der Waals surface area contributed by atoms with E-state index in [2.05, 4.69) is 26.1 Å². The molecule has 0 spiro atoms. The Balaban J connectivity index is 1.82. The van der Waals surface area contributed by atoms with Gasteiger partial charge in [0.25, 0.3) is 0 Å². The molecule has 0 aliphatic heterocycles. The van der Waals surface area contributed by atoms with E-state index in [0.717, 1.165) is 11.4 Å². The van der Waals surface area contributed by atoms with Crippen LogP contribution in [0.15, 0.2) is 72.9 Å². The standard InChI is InChI=1S/C24H24FN3O/c1-24(2,3)27-23-21(18-12-7-8-13-19(18)25)26-22-20(14-9-15-28(22)23)29-16-17-10-5-4-6-11-17/h4-15,27H,16H2,1-3H3. The van der Waals surface area contributed by atoms with Gasteiger partial charge in [-0.25, -0.2) is 9.37 Å². The lowest BCUT2D eigenvalue weighted by Gasteiger charge is -2.22. The van der Waals surface area contributed by atoms with Crippen LogP contribution in [0.3, 0.4) is 0 Å². The number of hydrogen-bond donors (Lipinski definition) is 1. The Morgan fingerprint density at radius 3 is 2.41 bits per heavy atom. The Kier molecular flexibility index (Phi) is 4.97. The molecule has 0 saturated heterocycles. The third-order valence-corrected chi connectivity index (χ3v) is 4.47. The molecule has 0 radical (unpaired) electrons. The first kappa shape index (κ1) is 19.0. The van der Waals surface area contributed by atoms with Crippen LogP contribution in [-0.2, 0) is 6.61 Å². The van der Waals surface area contributed by atoms with Gasteiger partial charge in [0.15, 0.2) is 11.4 Å². The van der Waals surface area contributed by atoms with Gasteiger partial charge in [-0.3, -0.25) is 4.40 Å². The molecule has 1 N–H and O–H groups in total. The topological polar surface area (TPSA) is 38.6 Å². The number of anilines is 1. The normalized spacial score (nSPS) is 11.6. The van der Waals surface area contributed by atoms with Gasteiger partial charge >= 0.3 is 0 Å². The number of pyridine rings is 1. The summed E-state index contributed by atoms with van der Waals surface area (Å²) in [5.74, 6) is 1.08. The van der Waals surface area contributed by atoms with Crippen LogP contribution in [0, 0.1) is 5.82 Å². The molecule has 4 rings (SSSR count). The van der Waals surface area contributed by atoms with Crippen LogP contribution in [-0.4, -0.2) is 14.9 Å². The van der Waals surface area contributed by atoms with Crippen LogP contribution in [0.1, 0.15) is 26.3 Å². The number of halogens is 1. The molecular weight excluding hydrogens is 365 g/mol. The summed E-state index contributed by atoms with van der Waals surface area (Å²) in [5, 5.41) is 3.48. The second-order valence-electron chi connectivity index (χ2n) is 8.00. The fraction of sp³-hybridized carbons (Fsp3) is 0.208. The average molecular weight is 389 g/mol. The Labute approximate surface area is 170 Å². The van der Waals surface area contributed by atoms with Crippen molar-refractivity contribution in [2.45, 2.75) is 32.9 Å². The highest BCUT2D eigenvalue weighted by molar-refractivity contribution is 5.79. The van der Waals surface area contributed by atoms with Gasteiger partial charge in [0.2, 0.25) is 0 Å². The van der Waals surface area contributed by atoms with E-state index in [1.54, 1.807) is 12.1 Å². The number of fused-ring (bicyclic) bond motifs is 1. The van der Waals surface area contributed by atoms with Crippen LogP contribution in [0.5, 0.6) is 5.75 Å². The molecule has 0 aliphatic carbocycles. The van der Waals surface area contributed by atoms with Gasteiger partial charge in [-0.2, -0.15) is 0 Å². The number of rotatable bonds is 5. The molecule has 0 bridgehead atoms. The third kappa shape index (κ3) is 4.09. The van der Waals surface area contributed by atoms with Gasteiger partial charge in [-0.15, -0.1) is 0 Å². The van der Waals surface area contributed by atoms with Crippen molar-refractivity contribution in [3.63, 3.8) is 0 Å². The average Bonchev–Trinajstić information content (AvgIpc) is 3.05. The maximum absolute atomic E-state index is 14.6. The molecular formula is C24H24FN3O. The van der Waals surface area contributed by atoms with Gasteiger partial charge in [-0.1, -0.05) is 42.5 Å². The zero-order valence-electron chi connectivity index (χ0n) is 16.8. The summed E-state index contributed by atoms with van der Waals surface area (Å²) in [6.45, 7) is 6.62. The Morgan fingerprint density at radius 2 is 1.69 bits per heavy atom. The van der Waals surface area contributed by atoms with E-state index >= 15 is 0 Å². The van der Waals surface area contributed by atoms with Crippen LogP contribution in [0.4, 0.5) is 10.2 Å². The molecule has 0 aliphatic rings. The molecule has 148 valence electrons. The van der Waals surface area contributed by atoms with Crippen LogP contribution >= 0.6 is 0 Å². The van der Waals surface area contributed by atoms with E-state index in [1.165, 1.54) is 6.07 Å². The highest BCUT2D eigenvalue weighted by Crippen LogP contribution is 2.35. The van der Waals surface area contributed by atoms with Gasteiger partial charge in [-0.05, 0) is 50.6 Å². The Morgan fingerprint density at radius 1 is 0.966 bits per heavy atom. The van der Waals surface area contributed by atoms with Gasteiger partial charge in [0.1, 0.15) is 23.9 Å². The molecule has 4 aromatic rings. The molecule has 0 amide bonds. The molecule has 4 nitrogen and oxygen atoms in total. The highest BCUT2D eigenvalue weighted by atomic mass is 19.1. The van der Waals surface area contributed by atoms with E-state index in [4.69, 9.17) is 9.72 Å². The van der Waals surface area contributed by atoms with Crippen molar-refractivity contribution in [3.8, 4) is 17.0 Å². The van der Waals surface area contributed by atoms with Crippen molar-refractivity contribution in [2.24, 2.45) is 0 Å². The van der Waals surface area contributed by atoms with Crippen LogP contribution in [0.25, 0.3) is 16.9 Å². The second kappa shape index (κ2) is 7.59. The fourth-order valence-corrected chi connectivity index (χ4v) is 3.21. The first-order valence-electron chi connectivity index (χ1n) is 9.63. The molecule has 0 saturated carbocycles. The quantitative estimate of drug-likeness (QED) is 0.460. The summed E-state index contributed by atoms with van der Waals surface area (Å²) in [5.41, 5.74) is 2.51. The molecule has 0 fully saturated rings. The van der Waals surface area contributed by atoms with Gasteiger partial charge < -0.3 is 10.1 Å². The largest absolute Gasteiger partial charge is 0.485 e. The lowest BCUT2D eigenvalue weighted by Crippen LogP contribution is -2.27. The van der Waals surface area contributed by atoms with Crippen molar-refractivity contribution >= 4 is 11.5 Å². The number of benzene rings is 2. The minimum absolute atomic E-state index is 0.225. The lowest BCUT2D eigenvalue weighted by molar-refractivity contribution is 0.308. The van der Waals surface area contributed by atoms with Gasteiger partial charge in [0.05, 0.1) is 0 Å². The van der Waals surface area contributed by atoms with Crippen molar-refractivity contribution in [2.75, 3.05) is 5.32 Å². The summed E-state index contributed by atoms with van der Waals surface area (Å²) < 4.78 is 22.6. The summed E-state index contributed by atoms with van der Waals surface area (Å²) in [6.07, 6.45) is 1.91. The molecule has 29 heavy (non-hydrogen) atoms. The van der Waals surface area contributed by atoms with Crippen molar-refractivity contribution in [1.29, 1.82) is 0 Å². The summed E-state index contributed by atoms with van der Waals surface area (Å²) in [7, 11) is 0. The monoisotopic (exact) mass is 389 g/mol. The summed E-state index contributed by atoms with van der Waals surface area (Å²) in [6, 6.07) is 20.5. The maximum Gasteiger partial charge on any atom is 0.181 e. The van der Waals surface area contributed by atoms with E-state index in [1.807, 2.05) is 59.1 Å². The number of imidazole rings is 1. The zero-order chi connectivity index (χ0) is 20.4. The number of hydrogen-bond acceptors (Lipinski definition) is 3. The zero-order valence-corrected chi connectivity index (χ0v) is 16.8. The van der Waals surface area contributed by atoms with Gasteiger partial charge in [0, 0.05) is 17.3 Å². The van der Waals surface area contributed by atoms with E-state index < -0.39 is 0 Å². The molecule has 0 unspecified atom stereocenters. The second-order valence-corrected chi connectivity index (χ2v) is 8.00. The molecule has 2 heterocycles. The number of aromatic nitrogens is 2. The predicted molar refractivity (Wildman–Crippen MR) is 115 cm³/mol. The van der Waals surface area contributed by atoms with Crippen molar-refractivity contribution in [1.82, 2.24) is 9.38 Å². The van der Waals surface area contributed by atoms with Crippen LogP contribution < -0.4 is 10.1 Å². The Hall–Kier alpha value is -3.34. The smallest absolute Gasteiger partial charge is 0.181 e. The van der Waals surface area contributed by atoms with E-state index in [0.29, 0.717) is 29.3 Å². The van der Waals surface area contributed by atoms with E-state index in [9.17, 15) is 4.39 Å². The predicted octanol–water partition coefficient (Wildman–Crippen LogP) is 5.93. The van der Waals surface area contributed by atoms with E-state index in [-0.39, 0.29) is 11.4 Å². The first-order chi connectivity index (χ1) is 13.9. The summed E-state index contributed by atoms with van der Waals surface area (Å²) in [4.78, 5) is 4.78. The highest BCUT2D eigenvalue weighted by Gasteiger charge is 2.22. The first-order valence-corrected chi connectivity index (χ1v) is 9.63. The van der Waals surface area contributed by atoms with Crippen LogP contribution in [0.2, 0.25) is 0 Å². The number of nitrogens with one attached hydrogen (secondary N) is 1. The SMILES string of the molecule is CC(C)(C)Nc1c(-c2ccccc2F)nc2c(OCc3ccccc3)cccn12. The van der Waals surface area contributed by atoms with Crippen molar-refractivity contribution in [3.05, 3.63) is 84.3 Å². The minimum atomic E-state index is -0.306. The fourth-order valence-electron chi connectivity index (χ4n) is 3.21. The number of ether oxygens (including phenoxy) is 1. The maximum atomic E-state index is 14.6. The molecule has 2 aromatic carbocycles. The molecule has 5 heteroatoms. The van der Waals surface area contributed by atoms with Crippen molar-refractivity contribution < 1.29 is 9.13 Å². The molecule has 0 atom stereocenters. The molecule has 2 aromatic heterocycles. The summed E-state index contributed by atoms with van der Waals surface area (Å²) >= 11 is 0. The number of nitrogens with zero attached hydrogens (tertiary/aromatic N) is 2. The lowest BCUT2D eigenvalue weighted by atomic mass is 10.1.